The summed E-state index contributed by atoms with van der Waals surface area (Å²) >= 11 is 10.7. The molecule has 118 valence electrons. The zero-order valence-electron chi connectivity index (χ0n) is 11.2. The van der Waals surface area contributed by atoms with Crippen LogP contribution in [0.15, 0.2) is 48.2 Å². The van der Waals surface area contributed by atoms with Crippen LogP contribution in [-0.4, -0.2) is 16.2 Å². The van der Waals surface area contributed by atoms with Crippen molar-refractivity contribution in [1.29, 1.82) is 0 Å². The number of nitrogens with two attached hydrogens (primary N) is 1. The second kappa shape index (κ2) is 6.18. The molecule has 0 amide bonds. The monoisotopic (exact) mass is 347 g/mol. The number of rotatable bonds is 2. The zero-order valence-corrected chi connectivity index (χ0v) is 12.8. The van der Waals surface area contributed by atoms with E-state index in [0.29, 0.717) is 17.1 Å². The number of anilines is 2. The smallest absolute Gasteiger partial charge is 0.399 e. The molecule has 0 aromatic heterocycles. The molecule has 0 saturated heterocycles. The van der Waals surface area contributed by atoms with Gasteiger partial charge in [0.05, 0.1) is 0 Å². The summed E-state index contributed by atoms with van der Waals surface area (Å²) in [6.45, 7) is 0. The van der Waals surface area contributed by atoms with Crippen molar-refractivity contribution in [2.75, 3.05) is 11.1 Å². The third-order valence-corrected chi connectivity index (χ3v) is 3.74. The fourth-order valence-corrected chi connectivity index (χ4v) is 2.16. The highest BCUT2D eigenvalue weighted by atomic mass is 35.5. The van der Waals surface area contributed by atoms with Crippen molar-refractivity contribution in [2.45, 2.75) is 17.5 Å². The highest BCUT2D eigenvalue weighted by molar-refractivity contribution is 7.80. The molecular formula is C14H13ClF3N3S. The van der Waals surface area contributed by atoms with Gasteiger partial charge in [-0.1, -0.05) is 12.2 Å². The second-order valence-corrected chi connectivity index (χ2v) is 5.84. The Hall–Kier alpha value is -1.73. The van der Waals surface area contributed by atoms with Gasteiger partial charge in [-0.15, -0.1) is 11.6 Å². The number of nitrogens with one attached hydrogen (secondary N) is 2. The standard InChI is InChI=1S/C14H13ClF3N3S/c15-13(14(16,17)18)7-5-11(6-8-13)21-12(22)20-10-3-1-9(19)2-4-10/h1-7H,8,19H2,(H2,20,21,22). The summed E-state index contributed by atoms with van der Waals surface area (Å²) in [4.78, 5) is -2.36. The van der Waals surface area contributed by atoms with Gasteiger partial charge in [0.1, 0.15) is 0 Å². The van der Waals surface area contributed by atoms with E-state index in [4.69, 9.17) is 29.6 Å². The first-order valence-corrected chi connectivity index (χ1v) is 7.07. The van der Waals surface area contributed by atoms with E-state index in [9.17, 15) is 13.2 Å². The molecule has 3 nitrogen and oxygen atoms in total. The lowest BCUT2D eigenvalue weighted by molar-refractivity contribution is -0.149. The van der Waals surface area contributed by atoms with E-state index in [2.05, 4.69) is 10.6 Å². The van der Waals surface area contributed by atoms with Crippen molar-refractivity contribution in [1.82, 2.24) is 5.32 Å². The molecule has 1 aromatic rings. The first-order chi connectivity index (χ1) is 10.2. The minimum absolute atomic E-state index is 0.259. The predicted octanol–water partition coefficient (Wildman–Crippen LogP) is 3.94. The molecule has 2 rings (SSSR count). The van der Waals surface area contributed by atoms with Gasteiger partial charge in [-0.3, -0.25) is 0 Å². The van der Waals surface area contributed by atoms with Crippen LogP contribution in [0.1, 0.15) is 6.42 Å². The summed E-state index contributed by atoms with van der Waals surface area (Å²) in [5.41, 5.74) is 7.36. The lowest BCUT2D eigenvalue weighted by Gasteiger charge is -2.28. The number of hydrogen-bond donors (Lipinski definition) is 3. The third kappa shape index (κ3) is 3.92. The van der Waals surface area contributed by atoms with E-state index < -0.39 is 11.1 Å². The SMILES string of the molecule is Nc1ccc(NC(=S)NC2=CCC(Cl)(C(F)(F)F)C=C2)cc1. The Labute approximate surface area is 136 Å². The molecule has 0 aliphatic heterocycles. The van der Waals surface area contributed by atoms with Gasteiger partial charge in [-0.2, -0.15) is 13.2 Å². The molecule has 1 aliphatic rings. The van der Waals surface area contributed by atoms with Crippen molar-refractivity contribution in [3.63, 3.8) is 0 Å². The zero-order chi connectivity index (χ0) is 16.4. The van der Waals surface area contributed by atoms with Gasteiger partial charge < -0.3 is 16.4 Å². The molecule has 1 aliphatic carbocycles. The Morgan fingerprint density at radius 3 is 2.36 bits per heavy atom. The van der Waals surface area contributed by atoms with E-state index in [1.165, 1.54) is 12.2 Å². The average Bonchev–Trinajstić information content (AvgIpc) is 2.43. The normalized spacial score (nSPS) is 21.2. The Bertz CT molecular complexity index is 625. The Morgan fingerprint density at radius 2 is 1.86 bits per heavy atom. The van der Waals surface area contributed by atoms with Crippen LogP contribution in [0.4, 0.5) is 24.5 Å². The molecule has 1 aromatic carbocycles. The van der Waals surface area contributed by atoms with Gasteiger partial charge >= 0.3 is 6.18 Å². The predicted molar refractivity (Wildman–Crippen MR) is 86.7 cm³/mol. The van der Waals surface area contributed by atoms with Gasteiger partial charge in [-0.05, 0) is 49.0 Å². The van der Waals surface area contributed by atoms with E-state index in [1.54, 1.807) is 24.3 Å². The van der Waals surface area contributed by atoms with Crippen LogP contribution in [0.3, 0.4) is 0 Å². The van der Waals surface area contributed by atoms with E-state index >= 15 is 0 Å². The van der Waals surface area contributed by atoms with Crippen LogP contribution in [-0.2, 0) is 0 Å². The second-order valence-electron chi connectivity index (χ2n) is 4.76. The van der Waals surface area contributed by atoms with E-state index in [0.717, 1.165) is 6.08 Å². The molecule has 8 heteroatoms. The van der Waals surface area contributed by atoms with Crippen molar-refractivity contribution < 1.29 is 13.2 Å². The highest BCUT2D eigenvalue weighted by Gasteiger charge is 2.51. The Balaban J connectivity index is 1.94. The topological polar surface area (TPSA) is 50.1 Å². The average molecular weight is 348 g/mol. The van der Waals surface area contributed by atoms with Crippen LogP contribution in [0.5, 0.6) is 0 Å². The minimum atomic E-state index is -4.50. The summed E-state index contributed by atoms with van der Waals surface area (Å²) < 4.78 is 38.3. The number of thiocarbonyl (C=S) groups is 1. The fraction of sp³-hybridized carbons (Fsp3) is 0.214. The molecule has 4 N–H and O–H groups in total. The third-order valence-electron chi connectivity index (χ3n) is 3.04. The van der Waals surface area contributed by atoms with Crippen molar-refractivity contribution in [3.8, 4) is 0 Å². The maximum Gasteiger partial charge on any atom is 0.411 e. The molecule has 0 bridgehead atoms. The molecule has 1 atom stereocenters. The maximum atomic E-state index is 12.8. The molecular weight excluding hydrogens is 335 g/mol. The highest BCUT2D eigenvalue weighted by Crippen LogP contribution is 2.42. The van der Waals surface area contributed by atoms with Crippen LogP contribution < -0.4 is 16.4 Å². The van der Waals surface area contributed by atoms with Crippen LogP contribution in [0.2, 0.25) is 0 Å². The summed E-state index contributed by atoms with van der Waals surface area (Å²) in [5.74, 6) is 0. The Kier molecular flexibility index (Phi) is 4.67. The van der Waals surface area contributed by atoms with Crippen LogP contribution in [0, 0.1) is 0 Å². The number of nitrogen functional groups attached to an aromatic ring is 1. The quantitative estimate of drug-likeness (QED) is 0.431. The molecule has 0 spiro atoms. The van der Waals surface area contributed by atoms with E-state index in [1.807, 2.05) is 0 Å². The van der Waals surface area contributed by atoms with Crippen LogP contribution >= 0.6 is 23.8 Å². The van der Waals surface area contributed by atoms with Gasteiger partial charge in [0.2, 0.25) is 0 Å². The van der Waals surface area contributed by atoms with Crippen LogP contribution in [0.25, 0.3) is 0 Å². The van der Waals surface area contributed by atoms with Gasteiger partial charge in [0.15, 0.2) is 9.99 Å². The Morgan fingerprint density at radius 1 is 1.23 bits per heavy atom. The molecule has 0 heterocycles. The molecule has 0 fully saturated rings. The largest absolute Gasteiger partial charge is 0.411 e. The number of benzene rings is 1. The number of alkyl halides is 4. The molecule has 0 saturated carbocycles. The van der Waals surface area contributed by atoms with Gasteiger partial charge in [-0.25, -0.2) is 0 Å². The molecule has 22 heavy (non-hydrogen) atoms. The fourth-order valence-electron chi connectivity index (χ4n) is 1.78. The number of allylic oxidation sites excluding steroid dienone is 3. The van der Waals surface area contributed by atoms with E-state index in [-0.39, 0.29) is 11.5 Å². The first kappa shape index (κ1) is 16.6. The summed E-state index contributed by atoms with van der Waals surface area (Å²) in [5, 5.41) is 5.97. The summed E-state index contributed by atoms with van der Waals surface area (Å²) in [7, 11) is 0. The summed E-state index contributed by atoms with van der Waals surface area (Å²) in [6, 6.07) is 6.88. The molecule has 1 unspecified atom stereocenters. The first-order valence-electron chi connectivity index (χ1n) is 6.28. The van der Waals surface area contributed by atoms with Crippen molar-refractivity contribution >= 4 is 40.3 Å². The number of hydrogen-bond acceptors (Lipinski definition) is 2. The summed E-state index contributed by atoms with van der Waals surface area (Å²) in [6.07, 6.45) is -1.32. The molecule has 0 radical (unpaired) electrons. The van der Waals surface area contributed by atoms with Crippen molar-refractivity contribution in [3.05, 3.63) is 48.2 Å². The maximum absolute atomic E-state index is 12.8. The van der Waals surface area contributed by atoms with Gasteiger partial charge in [0, 0.05) is 17.1 Å². The van der Waals surface area contributed by atoms with Gasteiger partial charge in [0.25, 0.3) is 0 Å². The lowest BCUT2D eigenvalue weighted by Crippen LogP contribution is -2.39. The number of halogens is 4. The van der Waals surface area contributed by atoms with Crippen molar-refractivity contribution in [2.24, 2.45) is 0 Å². The lowest BCUT2D eigenvalue weighted by atomic mass is 9.98. The minimum Gasteiger partial charge on any atom is -0.399 e.